The molecule has 0 saturated carbocycles. The molecule has 2 aromatic carbocycles. The van der Waals surface area contributed by atoms with Gasteiger partial charge in [-0.05, 0) is 0 Å². The molecule has 75 valence electrons. The van der Waals surface area contributed by atoms with Crippen LogP contribution < -0.4 is 0 Å². The summed E-state index contributed by atoms with van der Waals surface area (Å²) in [7, 11) is 0. The van der Waals surface area contributed by atoms with Crippen LogP contribution in [0, 0.1) is 6.92 Å². The van der Waals surface area contributed by atoms with Crippen LogP contribution in [0.2, 0.25) is 0 Å². The van der Waals surface area contributed by atoms with Crippen molar-refractivity contribution in [2.45, 2.75) is 12.2 Å². The first-order chi connectivity index (χ1) is 7.29. The molecule has 1 radical (unpaired) electrons. The summed E-state index contributed by atoms with van der Waals surface area (Å²) in [5, 5.41) is 0.980. The molecule has 0 nitrogen and oxygen atoms in total. The standard InChI is InChI=1S/C14H13Se/c1-11-2-6-13(7-3-11)14-8-4-12(10-15)5-9-14/h2-9H,10H2,1H3. The summed E-state index contributed by atoms with van der Waals surface area (Å²) in [6.07, 6.45) is 0. The molecule has 1 heteroatoms. The Labute approximate surface area is 99.2 Å². The van der Waals surface area contributed by atoms with Gasteiger partial charge in [-0.1, -0.05) is 0 Å². The molecule has 0 aliphatic heterocycles. The van der Waals surface area contributed by atoms with Gasteiger partial charge in [0.2, 0.25) is 0 Å². The van der Waals surface area contributed by atoms with Gasteiger partial charge >= 0.3 is 99.0 Å². The molecule has 0 fully saturated rings. The van der Waals surface area contributed by atoms with Crippen molar-refractivity contribution in [2.24, 2.45) is 0 Å². The fourth-order valence-corrected chi connectivity index (χ4v) is 1.94. The van der Waals surface area contributed by atoms with Crippen molar-refractivity contribution in [3.63, 3.8) is 0 Å². The van der Waals surface area contributed by atoms with E-state index >= 15 is 0 Å². The second-order valence-corrected chi connectivity index (χ2v) is 4.31. The molecule has 0 amide bonds. The predicted octanol–water partition coefficient (Wildman–Crippen LogP) is 3.33. The van der Waals surface area contributed by atoms with Crippen molar-refractivity contribution in [1.82, 2.24) is 0 Å². The summed E-state index contributed by atoms with van der Waals surface area (Å²) >= 11 is 3.03. The maximum absolute atomic E-state index is 3.03. The average Bonchev–Trinajstić information content (AvgIpc) is 2.30. The van der Waals surface area contributed by atoms with Crippen molar-refractivity contribution in [2.75, 3.05) is 0 Å². The van der Waals surface area contributed by atoms with E-state index in [9.17, 15) is 0 Å². The van der Waals surface area contributed by atoms with Crippen LogP contribution in [0.25, 0.3) is 11.1 Å². The average molecular weight is 260 g/mol. The SMILES string of the molecule is Cc1ccc(-c2ccc(C[Se])cc2)cc1. The van der Waals surface area contributed by atoms with Crippen molar-refractivity contribution in [3.8, 4) is 11.1 Å². The van der Waals surface area contributed by atoms with E-state index in [0.29, 0.717) is 0 Å². The zero-order valence-corrected chi connectivity index (χ0v) is 10.4. The summed E-state index contributed by atoms with van der Waals surface area (Å²) in [6, 6.07) is 17.3. The predicted molar refractivity (Wildman–Crippen MR) is 66.1 cm³/mol. The monoisotopic (exact) mass is 261 g/mol. The molecule has 0 spiro atoms. The number of hydrogen-bond acceptors (Lipinski definition) is 0. The molecular weight excluding hydrogens is 247 g/mol. The Morgan fingerprint density at radius 3 is 1.73 bits per heavy atom. The molecule has 15 heavy (non-hydrogen) atoms. The van der Waals surface area contributed by atoms with Gasteiger partial charge in [0.15, 0.2) is 0 Å². The molecule has 2 rings (SSSR count). The first kappa shape index (κ1) is 10.5. The van der Waals surface area contributed by atoms with E-state index in [1.807, 2.05) is 0 Å². The Hall–Kier alpha value is -1.04. The third-order valence-electron chi connectivity index (χ3n) is 2.51. The van der Waals surface area contributed by atoms with Crippen LogP contribution in [0.4, 0.5) is 0 Å². The van der Waals surface area contributed by atoms with E-state index in [1.54, 1.807) is 0 Å². The molecule has 0 saturated heterocycles. The Kier molecular flexibility index (Phi) is 3.25. The Bertz CT molecular complexity index is 426. The molecule has 0 aliphatic rings. The molecule has 0 bridgehead atoms. The molecule has 0 heterocycles. The van der Waals surface area contributed by atoms with Crippen LogP contribution in [0.3, 0.4) is 0 Å². The fourth-order valence-electron chi connectivity index (χ4n) is 1.54. The second-order valence-electron chi connectivity index (χ2n) is 3.71. The third-order valence-corrected chi connectivity index (χ3v) is 3.20. The second kappa shape index (κ2) is 4.65. The van der Waals surface area contributed by atoms with Crippen LogP contribution in [0.15, 0.2) is 48.5 Å². The minimum absolute atomic E-state index is 0.980. The van der Waals surface area contributed by atoms with Crippen molar-refractivity contribution in [3.05, 3.63) is 59.7 Å². The summed E-state index contributed by atoms with van der Waals surface area (Å²) in [5.74, 6) is 0. The van der Waals surface area contributed by atoms with E-state index < -0.39 is 0 Å². The number of rotatable bonds is 2. The summed E-state index contributed by atoms with van der Waals surface area (Å²) in [4.78, 5) is 0. The molecular formula is C14H13Se. The van der Waals surface area contributed by atoms with Gasteiger partial charge in [-0.25, -0.2) is 0 Å². The fraction of sp³-hybridized carbons (Fsp3) is 0.143. The molecule has 0 aromatic heterocycles. The van der Waals surface area contributed by atoms with Crippen molar-refractivity contribution >= 4 is 16.0 Å². The number of aryl methyl sites for hydroxylation is 1. The van der Waals surface area contributed by atoms with E-state index in [1.165, 1.54) is 22.3 Å². The van der Waals surface area contributed by atoms with Crippen molar-refractivity contribution < 1.29 is 0 Å². The van der Waals surface area contributed by atoms with Crippen LogP contribution in [-0.4, -0.2) is 16.0 Å². The molecule has 2 aromatic rings. The molecule has 0 aliphatic carbocycles. The quantitative estimate of drug-likeness (QED) is 0.726. The molecule has 0 unspecified atom stereocenters. The zero-order chi connectivity index (χ0) is 10.7. The van der Waals surface area contributed by atoms with Gasteiger partial charge in [0.25, 0.3) is 0 Å². The summed E-state index contributed by atoms with van der Waals surface area (Å²) < 4.78 is 0. The van der Waals surface area contributed by atoms with E-state index in [4.69, 9.17) is 0 Å². The van der Waals surface area contributed by atoms with Gasteiger partial charge < -0.3 is 0 Å². The van der Waals surface area contributed by atoms with Gasteiger partial charge in [0, 0.05) is 0 Å². The first-order valence-electron chi connectivity index (χ1n) is 5.03. The van der Waals surface area contributed by atoms with E-state index in [-0.39, 0.29) is 0 Å². The maximum atomic E-state index is 3.03. The van der Waals surface area contributed by atoms with Crippen LogP contribution in [0.1, 0.15) is 11.1 Å². The van der Waals surface area contributed by atoms with Gasteiger partial charge in [-0.15, -0.1) is 0 Å². The van der Waals surface area contributed by atoms with Gasteiger partial charge in [0.05, 0.1) is 0 Å². The topological polar surface area (TPSA) is 0 Å². The van der Waals surface area contributed by atoms with E-state index in [0.717, 1.165) is 5.32 Å². The summed E-state index contributed by atoms with van der Waals surface area (Å²) in [6.45, 7) is 2.11. The van der Waals surface area contributed by atoms with Gasteiger partial charge in [0.1, 0.15) is 0 Å². The minimum atomic E-state index is 0.980. The normalized spacial score (nSPS) is 10.3. The van der Waals surface area contributed by atoms with Gasteiger partial charge in [-0.2, -0.15) is 0 Å². The third kappa shape index (κ3) is 2.50. The summed E-state index contributed by atoms with van der Waals surface area (Å²) in [5.41, 5.74) is 5.21. The Balaban J connectivity index is 2.33. The molecule has 0 N–H and O–H groups in total. The van der Waals surface area contributed by atoms with Gasteiger partial charge in [-0.3, -0.25) is 0 Å². The number of hydrogen-bond donors (Lipinski definition) is 0. The van der Waals surface area contributed by atoms with E-state index in [2.05, 4.69) is 71.5 Å². The first-order valence-corrected chi connectivity index (χ1v) is 6.25. The van der Waals surface area contributed by atoms with Crippen LogP contribution in [0.5, 0.6) is 0 Å². The number of benzene rings is 2. The molecule has 0 atom stereocenters. The van der Waals surface area contributed by atoms with Crippen LogP contribution in [-0.2, 0) is 5.32 Å². The van der Waals surface area contributed by atoms with Crippen LogP contribution >= 0.6 is 0 Å². The Morgan fingerprint density at radius 1 is 0.800 bits per heavy atom. The Morgan fingerprint density at radius 2 is 1.27 bits per heavy atom. The van der Waals surface area contributed by atoms with Crippen molar-refractivity contribution in [1.29, 1.82) is 0 Å². The zero-order valence-electron chi connectivity index (χ0n) is 8.73.